The fourth-order valence-electron chi connectivity index (χ4n) is 2.62. The molecular formula is C17H14BrN3O2. The van der Waals surface area contributed by atoms with Crippen LogP contribution in [0.1, 0.15) is 5.89 Å². The van der Waals surface area contributed by atoms with Crippen LogP contribution in [0.15, 0.2) is 57.4 Å². The lowest BCUT2D eigenvalue weighted by Crippen LogP contribution is -2.32. The molecule has 1 aliphatic heterocycles. The minimum atomic E-state index is 0.522. The number of halogens is 1. The fraction of sp³-hybridized carbons (Fsp3) is 0.176. The molecule has 2 heterocycles. The van der Waals surface area contributed by atoms with Crippen molar-refractivity contribution in [1.82, 2.24) is 10.2 Å². The summed E-state index contributed by atoms with van der Waals surface area (Å²) in [5.41, 5.74) is 1.95. The van der Waals surface area contributed by atoms with Gasteiger partial charge in [0.05, 0.1) is 24.3 Å². The number of fused-ring (bicyclic) bond motifs is 1. The first-order chi connectivity index (χ1) is 11.3. The molecule has 0 atom stereocenters. The third kappa shape index (κ3) is 2.82. The van der Waals surface area contributed by atoms with Crippen LogP contribution in [-0.4, -0.2) is 23.3 Å². The summed E-state index contributed by atoms with van der Waals surface area (Å²) in [4.78, 5) is 2.19. The van der Waals surface area contributed by atoms with Crippen LogP contribution in [0.25, 0.3) is 11.5 Å². The van der Waals surface area contributed by atoms with Crippen LogP contribution in [0, 0.1) is 0 Å². The zero-order chi connectivity index (χ0) is 15.6. The molecule has 0 amide bonds. The van der Waals surface area contributed by atoms with E-state index in [1.807, 2.05) is 48.5 Å². The van der Waals surface area contributed by atoms with E-state index in [4.69, 9.17) is 9.15 Å². The molecule has 6 heteroatoms. The van der Waals surface area contributed by atoms with E-state index in [2.05, 4.69) is 31.0 Å². The Hall–Kier alpha value is -2.34. The summed E-state index contributed by atoms with van der Waals surface area (Å²) in [5.74, 6) is 2.01. The molecule has 116 valence electrons. The topological polar surface area (TPSA) is 51.4 Å². The molecule has 0 radical (unpaired) electrons. The molecule has 5 nitrogen and oxygen atoms in total. The van der Waals surface area contributed by atoms with Crippen molar-refractivity contribution in [3.05, 3.63) is 58.9 Å². The third-order valence-corrected chi connectivity index (χ3v) is 4.41. The van der Waals surface area contributed by atoms with Crippen molar-refractivity contribution in [3.63, 3.8) is 0 Å². The van der Waals surface area contributed by atoms with E-state index in [1.165, 1.54) is 0 Å². The largest absolute Gasteiger partial charge is 0.490 e. The Morgan fingerprint density at radius 2 is 1.87 bits per heavy atom. The first-order valence-corrected chi connectivity index (χ1v) is 8.14. The van der Waals surface area contributed by atoms with Crippen LogP contribution < -0.4 is 9.64 Å². The summed E-state index contributed by atoms with van der Waals surface area (Å²) in [6, 6.07) is 15.8. The van der Waals surface area contributed by atoms with Crippen LogP contribution >= 0.6 is 15.9 Å². The number of para-hydroxylation sites is 2. The van der Waals surface area contributed by atoms with Crippen molar-refractivity contribution in [2.24, 2.45) is 0 Å². The van der Waals surface area contributed by atoms with Crippen LogP contribution in [0.2, 0.25) is 0 Å². The second-order valence-electron chi connectivity index (χ2n) is 5.22. The summed E-state index contributed by atoms with van der Waals surface area (Å²) in [7, 11) is 0. The predicted molar refractivity (Wildman–Crippen MR) is 90.4 cm³/mol. The molecule has 0 saturated carbocycles. The Kier molecular flexibility index (Phi) is 3.75. The number of aromatic nitrogens is 2. The standard InChI is InChI=1S/C17H14BrN3O2/c18-13-6-2-1-5-12(13)17-20-19-16(23-17)11-21-9-10-22-15-8-4-3-7-14(15)21/h1-8H,9-11H2. The van der Waals surface area contributed by atoms with E-state index in [9.17, 15) is 0 Å². The Labute approximate surface area is 142 Å². The monoisotopic (exact) mass is 371 g/mol. The SMILES string of the molecule is Brc1ccccc1-c1nnc(CN2CCOc3ccccc32)o1. The summed E-state index contributed by atoms with van der Waals surface area (Å²) in [6.45, 7) is 2.02. The molecule has 0 fully saturated rings. The van der Waals surface area contributed by atoms with Gasteiger partial charge in [0.25, 0.3) is 0 Å². The van der Waals surface area contributed by atoms with Gasteiger partial charge < -0.3 is 14.1 Å². The normalized spacial score (nSPS) is 13.5. The Bertz CT molecular complexity index is 834. The number of hydrogen-bond donors (Lipinski definition) is 0. The minimum Gasteiger partial charge on any atom is -0.490 e. The van der Waals surface area contributed by atoms with Gasteiger partial charge in [-0.1, -0.05) is 24.3 Å². The lowest BCUT2D eigenvalue weighted by atomic mass is 10.2. The summed E-state index contributed by atoms with van der Waals surface area (Å²) in [5, 5.41) is 8.34. The van der Waals surface area contributed by atoms with Crippen LogP contribution in [0.4, 0.5) is 5.69 Å². The number of rotatable bonds is 3. The van der Waals surface area contributed by atoms with Gasteiger partial charge in [-0.25, -0.2) is 0 Å². The van der Waals surface area contributed by atoms with Crippen molar-refractivity contribution in [3.8, 4) is 17.2 Å². The van der Waals surface area contributed by atoms with Crippen LogP contribution in [-0.2, 0) is 6.54 Å². The van der Waals surface area contributed by atoms with Gasteiger partial charge in [0, 0.05) is 4.47 Å². The van der Waals surface area contributed by atoms with E-state index in [0.29, 0.717) is 24.9 Å². The van der Waals surface area contributed by atoms with E-state index in [0.717, 1.165) is 28.0 Å². The van der Waals surface area contributed by atoms with Gasteiger partial charge in [-0.15, -0.1) is 10.2 Å². The molecule has 0 spiro atoms. The molecule has 0 unspecified atom stereocenters. The average Bonchev–Trinajstić information content (AvgIpc) is 3.04. The Balaban J connectivity index is 1.59. The van der Waals surface area contributed by atoms with Gasteiger partial charge in [-0.05, 0) is 40.2 Å². The molecule has 2 aromatic carbocycles. The smallest absolute Gasteiger partial charge is 0.248 e. The molecule has 0 saturated heterocycles. The molecule has 0 N–H and O–H groups in total. The molecule has 3 aromatic rings. The first-order valence-electron chi connectivity index (χ1n) is 7.35. The zero-order valence-corrected chi connectivity index (χ0v) is 13.9. The molecule has 23 heavy (non-hydrogen) atoms. The highest BCUT2D eigenvalue weighted by molar-refractivity contribution is 9.10. The maximum Gasteiger partial charge on any atom is 0.248 e. The van der Waals surface area contributed by atoms with Crippen molar-refractivity contribution >= 4 is 21.6 Å². The van der Waals surface area contributed by atoms with E-state index in [1.54, 1.807) is 0 Å². The van der Waals surface area contributed by atoms with Gasteiger partial charge in [0.15, 0.2) is 0 Å². The minimum absolute atomic E-state index is 0.522. The highest BCUT2D eigenvalue weighted by Gasteiger charge is 2.20. The summed E-state index contributed by atoms with van der Waals surface area (Å²) < 4.78 is 12.4. The average molecular weight is 372 g/mol. The maximum absolute atomic E-state index is 5.83. The van der Waals surface area contributed by atoms with Gasteiger partial charge in [0.1, 0.15) is 12.4 Å². The Morgan fingerprint density at radius 1 is 1.04 bits per heavy atom. The second-order valence-corrected chi connectivity index (χ2v) is 6.07. The molecule has 1 aliphatic rings. The number of benzene rings is 2. The third-order valence-electron chi connectivity index (χ3n) is 3.72. The molecular weight excluding hydrogens is 358 g/mol. The molecule has 4 rings (SSSR count). The van der Waals surface area contributed by atoms with Crippen molar-refractivity contribution in [1.29, 1.82) is 0 Å². The zero-order valence-electron chi connectivity index (χ0n) is 12.3. The number of anilines is 1. The van der Waals surface area contributed by atoms with Gasteiger partial charge >= 0.3 is 0 Å². The highest BCUT2D eigenvalue weighted by Crippen LogP contribution is 2.32. The van der Waals surface area contributed by atoms with Crippen LogP contribution in [0.5, 0.6) is 5.75 Å². The maximum atomic E-state index is 5.83. The molecule has 1 aromatic heterocycles. The second kappa shape index (κ2) is 6.04. The predicted octanol–water partition coefficient (Wildman–Crippen LogP) is 3.90. The number of ether oxygens (including phenoxy) is 1. The van der Waals surface area contributed by atoms with Crippen molar-refractivity contribution in [2.75, 3.05) is 18.1 Å². The summed E-state index contributed by atoms with van der Waals surface area (Å²) in [6.07, 6.45) is 0. The lowest BCUT2D eigenvalue weighted by Gasteiger charge is -2.29. The van der Waals surface area contributed by atoms with Gasteiger partial charge in [-0.3, -0.25) is 0 Å². The van der Waals surface area contributed by atoms with E-state index < -0.39 is 0 Å². The van der Waals surface area contributed by atoms with E-state index in [-0.39, 0.29) is 0 Å². The summed E-state index contributed by atoms with van der Waals surface area (Å²) >= 11 is 3.51. The quantitative estimate of drug-likeness (QED) is 0.698. The van der Waals surface area contributed by atoms with Gasteiger partial charge in [-0.2, -0.15) is 0 Å². The highest BCUT2D eigenvalue weighted by atomic mass is 79.9. The fourth-order valence-corrected chi connectivity index (χ4v) is 3.07. The van der Waals surface area contributed by atoms with Crippen LogP contribution in [0.3, 0.4) is 0 Å². The lowest BCUT2D eigenvalue weighted by molar-refractivity contribution is 0.304. The van der Waals surface area contributed by atoms with E-state index >= 15 is 0 Å². The molecule has 0 aliphatic carbocycles. The molecule has 0 bridgehead atoms. The number of hydrogen-bond acceptors (Lipinski definition) is 5. The van der Waals surface area contributed by atoms with Crippen molar-refractivity contribution in [2.45, 2.75) is 6.54 Å². The van der Waals surface area contributed by atoms with Gasteiger partial charge in [0.2, 0.25) is 11.8 Å². The Morgan fingerprint density at radius 3 is 2.78 bits per heavy atom. The van der Waals surface area contributed by atoms with Crippen molar-refractivity contribution < 1.29 is 9.15 Å². The first kappa shape index (κ1) is 14.3. The number of nitrogens with zero attached hydrogens (tertiary/aromatic N) is 3.